The smallest absolute Gasteiger partial charge is 0.234 e. The van der Waals surface area contributed by atoms with E-state index in [0.29, 0.717) is 6.04 Å². The summed E-state index contributed by atoms with van der Waals surface area (Å²) in [4.78, 5) is 11.8. The van der Waals surface area contributed by atoms with Crippen LogP contribution in [-0.2, 0) is 4.79 Å². The van der Waals surface area contributed by atoms with Crippen molar-refractivity contribution in [1.29, 1.82) is 0 Å². The fourth-order valence-corrected chi connectivity index (χ4v) is 4.28. The van der Waals surface area contributed by atoms with Gasteiger partial charge in [-0.05, 0) is 13.0 Å². The van der Waals surface area contributed by atoms with Gasteiger partial charge in [0.2, 0.25) is 5.91 Å². The van der Waals surface area contributed by atoms with Gasteiger partial charge in [-0.3, -0.25) is 4.79 Å². The first-order valence-electron chi connectivity index (χ1n) is 5.07. The minimum absolute atomic E-state index is 0.189. The quantitative estimate of drug-likeness (QED) is 0.719. The first-order valence-corrected chi connectivity index (χ1v) is 7.27. The Balaban J connectivity index is 1.75. The highest BCUT2D eigenvalue weighted by molar-refractivity contribution is 8.07. The van der Waals surface area contributed by atoms with Gasteiger partial charge in [-0.2, -0.15) is 11.8 Å². The van der Waals surface area contributed by atoms with E-state index in [1.54, 1.807) is 11.8 Å². The molecule has 2 atom stereocenters. The van der Waals surface area contributed by atoms with Gasteiger partial charge in [0.25, 0.3) is 0 Å². The SMILES string of the molecule is O=C(NC1CCNC1)C1CSCCS1. The second-order valence-electron chi connectivity index (χ2n) is 3.63. The van der Waals surface area contributed by atoms with Crippen molar-refractivity contribution in [2.24, 2.45) is 0 Å². The maximum Gasteiger partial charge on any atom is 0.234 e. The van der Waals surface area contributed by atoms with Gasteiger partial charge in [0.05, 0.1) is 5.25 Å². The molecule has 80 valence electrons. The molecule has 2 saturated heterocycles. The van der Waals surface area contributed by atoms with Crippen LogP contribution >= 0.6 is 23.5 Å². The van der Waals surface area contributed by atoms with E-state index in [4.69, 9.17) is 0 Å². The number of hydrogen-bond acceptors (Lipinski definition) is 4. The van der Waals surface area contributed by atoms with Crippen LogP contribution in [-0.4, -0.2) is 47.5 Å². The van der Waals surface area contributed by atoms with Crippen molar-refractivity contribution in [2.45, 2.75) is 17.7 Å². The largest absolute Gasteiger partial charge is 0.351 e. The minimum atomic E-state index is 0.189. The van der Waals surface area contributed by atoms with Crippen LogP contribution in [0.5, 0.6) is 0 Å². The highest BCUT2D eigenvalue weighted by Crippen LogP contribution is 2.24. The molecule has 0 aromatic heterocycles. The lowest BCUT2D eigenvalue weighted by Crippen LogP contribution is -2.43. The highest BCUT2D eigenvalue weighted by atomic mass is 32.2. The highest BCUT2D eigenvalue weighted by Gasteiger charge is 2.25. The first-order chi connectivity index (χ1) is 6.86. The molecular weight excluding hydrogens is 216 g/mol. The molecule has 5 heteroatoms. The Labute approximate surface area is 93.2 Å². The molecule has 0 aromatic carbocycles. The van der Waals surface area contributed by atoms with Crippen molar-refractivity contribution in [2.75, 3.05) is 30.3 Å². The van der Waals surface area contributed by atoms with Crippen LogP contribution in [0.4, 0.5) is 0 Å². The Morgan fingerprint density at radius 2 is 2.36 bits per heavy atom. The molecular formula is C9H16N2OS2. The van der Waals surface area contributed by atoms with E-state index in [1.807, 2.05) is 11.8 Å². The number of nitrogens with one attached hydrogen (secondary N) is 2. The minimum Gasteiger partial charge on any atom is -0.351 e. The Morgan fingerprint density at radius 1 is 1.43 bits per heavy atom. The molecule has 2 N–H and O–H groups in total. The van der Waals surface area contributed by atoms with Crippen LogP contribution in [0.3, 0.4) is 0 Å². The second-order valence-corrected chi connectivity index (χ2v) is 6.09. The van der Waals surface area contributed by atoms with Gasteiger partial charge in [0.1, 0.15) is 0 Å². The summed E-state index contributed by atoms with van der Waals surface area (Å²) >= 11 is 3.69. The van der Waals surface area contributed by atoms with Crippen molar-refractivity contribution >= 4 is 29.4 Å². The molecule has 2 aliphatic heterocycles. The Kier molecular flexibility index (Phi) is 4.01. The third-order valence-electron chi connectivity index (χ3n) is 2.52. The number of hydrogen-bond donors (Lipinski definition) is 2. The zero-order valence-corrected chi connectivity index (χ0v) is 9.76. The Bertz CT molecular complexity index is 201. The zero-order chi connectivity index (χ0) is 9.80. The third-order valence-corrected chi connectivity index (χ3v) is 5.27. The number of amides is 1. The summed E-state index contributed by atoms with van der Waals surface area (Å²) in [5.74, 6) is 3.54. The van der Waals surface area contributed by atoms with Crippen molar-refractivity contribution in [1.82, 2.24) is 10.6 Å². The molecule has 0 saturated carbocycles. The van der Waals surface area contributed by atoms with Crippen molar-refractivity contribution in [3.8, 4) is 0 Å². The van der Waals surface area contributed by atoms with Gasteiger partial charge in [-0.15, -0.1) is 11.8 Å². The van der Waals surface area contributed by atoms with E-state index in [9.17, 15) is 4.79 Å². The van der Waals surface area contributed by atoms with Crippen LogP contribution in [0.15, 0.2) is 0 Å². The van der Waals surface area contributed by atoms with Gasteiger partial charge in [-0.1, -0.05) is 0 Å². The topological polar surface area (TPSA) is 41.1 Å². The van der Waals surface area contributed by atoms with Crippen molar-refractivity contribution in [3.05, 3.63) is 0 Å². The second kappa shape index (κ2) is 5.28. The summed E-state index contributed by atoms with van der Waals surface area (Å²) in [7, 11) is 0. The molecule has 1 amide bonds. The van der Waals surface area contributed by atoms with Gasteiger partial charge in [0.15, 0.2) is 0 Å². The maximum absolute atomic E-state index is 11.8. The summed E-state index contributed by atoms with van der Waals surface area (Å²) in [6.45, 7) is 1.98. The number of carbonyl (C=O) groups excluding carboxylic acids is 1. The van der Waals surface area contributed by atoms with Crippen molar-refractivity contribution < 1.29 is 4.79 Å². The van der Waals surface area contributed by atoms with Gasteiger partial charge < -0.3 is 10.6 Å². The normalized spacial score (nSPS) is 32.9. The average molecular weight is 232 g/mol. The summed E-state index contributed by atoms with van der Waals surface area (Å²) in [6, 6.07) is 0.370. The predicted octanol–water partition coefficient (Wildman–Crippen LogP) is 0.313. The average Bonchev–Trinajstić information content (AvgIpc) is 2.72. The van der Waals surface area contributed by atoms with Crippen LogP contribution in [0.2, 0.25) is 0 Å². The molecule has 2 fully saturated rings. The van der Waals surface area contributed by atoms with E-state index < -0.39 is 0 Å². The fraction of sp³-hybridized carbons (Fsp3) is 0.889. The number of rotatable bonds is 2. The summed E-state index contributed by atoms with van der Waals surface area (Å²) < 4.78 is 0. The van der Waals surface area contributed by atoms with Crippen molar-refractivity contribution in [3.63, 3.8) is 0 Å². The Morgan fingerprint density at radius 3 is 3.00 bits per heavy atom. The van der Waals surface area contributed by atoms with Gasteiger partial charge in [0, 0.05) is 29.8 Å². The van der Waals surface area contributed by atoms with Gasteiger partial charge >= 0.3 is 0 Å². The van der Waals surface area contributed by atoms with E-state index in [-0.39, 0.29) is 11.2 Å². The molecule has 14 heavy (non-hydrogen) atoms. The Hall–Kier alpha value is 0.130. The van der Waals surface area contributed by atoms with E-state index in [0.717, 1.165) is 31.0 Å². The van der Waals surface area contributed by atoms with Crippen LogP contribution in [0.25, 0.3) is 0 Å². The first kappa shape index (κ1) is 10.6. The molecule has 3 nitrogen and oxygen atoms in total. The molecule has 0 bridgehead atoms. The van der Waals surface area contributed by atoms with E-state index >= 15 is 0 Å². The lowest BCUT2D eigenvalue weighted by Gasteiger charge is -2.22. The monoisotopic (exact) mass is 232 g/mol. The lowest BCUT2D eigenvalue weighted by atomic mass is 10.2. The zero-order valence-electron chi connectivity index (χ0n) is 8.12. The molecule has 0 aliphatic carbocycles. The predicted molar refractivity (Wildman–Crippen MR) is 63.0 cm³/mol. The fourth-order valence-electron chi connectivity index (χ4n) is 1.71. The molecule has 2 rings (SSSR count). The molecule has 2 heterocycles. The third kappa shape index (κ3) is 2.81. The van der Waals surface area contributed by atoms with Crippen LogP contribution in [0.1, 0.15) is 6.42 Å². The summed E-state index contributed by atoms with van der Waals surface area (Å²) in [5, 5.41) is 6.56. The van der Waals surface area contributed by atoms with E-state index in [1.165, 1.54) is 5.75 Å². The number of carbonyl (C=O) groups is 1. The molecule has 2 unspecified atom stereocenters. The number of thioether (sulfide) groups is 2. The standard InChI is InChI=1S/C9H16N2OS2/c12-9(8-6-13-3-4-14-8)11-7-1-2-10-5-7/h7-8,10H,1-6H2,(H,11,12). The van der Waals surface area contributed by atoms with Crippen LogP contribution in [0, 0.1) is 0 Å². The summed E-state index contributed by atoms with van der Waals surface area (Å²) in [5.41, 5.74) is 0. The summed E-state index contributed by atoms with van der Waals surface area (Å²) in [6.07, 6.45) is 1.08. The van der Waals surface area contributed by atoms with Gasteiger partial charge in [-0.25, -0.2) is 0 Å². The van der Waals surface area contributed by atoms with Crippen LogP contribution < -0.4 is 10.6 Å². The maximum atomic E-state index is 11.8. The molecule has 2 aliphatic rings. The van der Waals surface area contributed by atoms with E-state index in [2.05, 4.69) is 10.6 Å². The molecule has 0 radical (unpaired) electrons. The molecule has 0 spiro atoms. The lowest BCUT2D eigenvalue weighted by molar-refractivity contribution is -0.120. The molecule has 0 aromatic rings.